The van der Waals surface area contributed by atoms with Gasteiger partial charge in [-0.25, -0.2) is 0 Å². The van der Waals surface area contributed by atoms with Gasteiger partial charge >= 0.3 is 5.97 Å². The number of hydrogen-bond donors (Lipinski definition) is 4. The quantitative estimate of drug-likeness (QED) is 0.179. The van der Waals surface area contributed by atoms with Crippen molar-refractivity contribution in [3.05, 3.63) is 24.3 Å². The molecular weight excluding hydrogens is 388 g/mol. The zero-order valence-corrected chi connectivity index (χ0v) is 18.0. The summed E-state index contributed by atoms with van der Waals surface area (Å²) in [6.45, 7) is 1.45. The van der Waals surface area contributed by atoms with E-state index >= 15 is 0 Å². The van der Waals surface area contributed by atoms with Gasteiger partial charge in [-0.3, -0.25) is 9.59 Å². The van der Waals surface area contributed by atoms with Gasteiger partial charge < -0.3 is 25.2 Å². The summed E-state index contributed by atoms with van der Waals surface area (Å²) in [5, 5.41) is 38.0. The van der Waals surface area contributed by atoms with E-state index in [1.165, 1.54) is 0 Å². The molecule has 0 saturated heterocycles. The van der Waals surface area contributed by atoms with E-state index in [0.717, 1.165) is 19.3 Å². The molecule has 7 nitrogen and oxygen atoms in total. The Morgan fingerprint density at radius 1 is 1.23 bits per heavy atom. The minimum Gasteiger partial charge on any atom is -0.463 e. The van der Waals surface area contributed by atoms with Crippen LogP contribution in [0, 0.1) is 11.8 Å². The minimum absolute atomic E-state index is 0.0355. The van der Waals surface area contributed by atoms with Crippen molar-refractivity contribution in [1.29, 1.82) is 0 Å². The zero-order chi connectivity index (χ0) is 22.4. The molecule has 0 bridgehead atoms. The number of aliphatic hydroxyl groups excluding tert-OH is 4. The first-order chi connectivity index (χ1) is 14.4. The Morgan fingerprint density at radius 3 is 2.70 bits per heavy atom. The molecule has 0 heterocycles. The molecule has 0 amide bonds. The van der Waals surface area contributed by atoms with Gasteiger partial charge in [0.1, 0.15) is 18.5 Å². The number of Topliss-reactive ketones (excluding diaryl/α,β-unsaturated/α-hetero) is 1. The van der Waals surface area contributed by atoms with Crippen LogP contribution in [0.25, 0.3) is 0 Å². The highest BCUT2D eigenvalue weighted by atomic mass is 16.5. The molecule has 4 unspecified atom stereocenters. The van der Waals surface area contributed by atoms with E-state index in [4.69, 9.17) is 14.9 Å². The van der Waals surface area contributed by atoms with Crippen molar-refractivity contribution in [1.82, 2.24) is 0 Å². The number of allylic oxidation sites excluding steroid dienone is 2. The largest absolute Gasteiger partial charge is 0.463 e. The molecule has 1 saturated carbocycles. The Balaban J connectivity index is 2.37. The van der Waals surface area contributed by atoms with Gasteiger partial charge in [0.05, 0.1) is 18.8 Å². The molecule has 0 aromatic carbocycles. The fourth-order valence-corrected chi connectivity index (χ4v) is 3.52. The molecular formula is C23H38O7. The SMILES string of the molecule is CCCCCC(O)C=C[C@H]1C(O)CC(=O)C1CC=CCCCC(=O)OCC(O)CO. The first-order valence-corrected chi connectivity index (χ1v) is 11.1. The smallest absolute Gasteiger partial charge is 0.305 e. The number of aliphatic hydroxyl groups is 4. The van der Waals surface area contributed by atoms with Crippen LogP contribution in [0.15, 0.2) is 24.3 Å². The zero-order valence-electron chi connectivity index (χ0n) is 18.0. The number of carbonyl (C=O) groups is 2. The van der Waals surface area contributed by atoms with Crippen molar-refractivity contribution in [2.45, 2.75) is 83.0 Å². The lowest BCUT2D eigenvalue weighted by Gasteiger charge is -2.16. The molecule has 0 aliphatic heterocycles. The number of hydrogen-bond acceptors (Lipinski definition) is 7. The molecule has 1 fully saturated rings. The third kappa shape index (κ3) is 10.5. The second-order valence-corrected chi connectivity index (χ2v) is 7.99. The Hall–Kier alpha value is -1.54. The second-order valence-electron chi connectivity index (χ2n) is 7.99. The summed E-state index contributed by atoms with van der Waals surface area (Å²) in [6.07, 6.45) is 10.9. The van der Waals surface area contributed by atoms with E-state index in [2.05, 4.69) is 6.92 Å². The van der Waals surface area contributed by atoms with Gasteiger partial charge in [-0.1, -0.05) is 50.5 Å². The Labute approximate surface area is 179 Å². The number of carbonyl (C=O) groups excluding carboxylic acids is 2. The molecule has 30 heavy (non-hydrogen) atoms. The molecule has 4 N–H and O–H groups in total. The Bertz CT molecular complexity index is 558. The average molecular weight is 427 g/mol. The molecule has 0 spiro atoms. The van der Waals surface area contributed by atoms with E-state index in [1.807, 2.05) is 12.2 Å². The van der Waals surface area contributed by atoms with E-state index < -0.39 is 30.9 Å². The number of esters is 1. The fourth-order valence-electron chi connectivity index (χ4n) is 3.52. The van der Waals surface area contributed by atoms with Crippen LogP contribution in [0.4, 0.5) is 0 Å². The number of rotatable bonds is 15. The molecule has 1 aliphatic carbocycles. The maximum absolute atomic E-state index is 12.2. The van der Waals surface area contributed by atoms with Crippen molar-refractivity contribution >= 4 is 11.8 Å². The van der Waals surface area contributed by atoms with Crippen LogP contribution in [0.1, 0.15) is 64.7 Å². The fraction of sp³-hybridized carbons (Fsp3) is 0.739. The number of ether oxygens (including phenoxy) is 1. The van der Waals surface area contributed by atoms with Crippen molar-refractivity contribution in [3.8, 4) is 0 Å². The standard InChI is InChI=1S/C23H38O7/c1-2-3-6-9-17(25)12-13-20-19(21(27)14-22(20)28)10-7-4-5-8-11-23(29)30-16-18(26)15-24/h4,7,12-13,17-20,22,24-26,28H,2-3,5-6,8-11,14-16H2,1H3/t17?,18?,19?,20-,22?/m1/s1. The minimum atomic E-state index is -1.05. The summed E-state index contributed by atoms with van der Waals surface area (Å²) in [5.74, 6) is -0.961. The van der Waals surface area contributed by atoms with E-state index in [9.17, 15) is 19.8 Å². The summed E-state index contributed by atoms with van der Waals surface area (Å²) < 4.78 is 4.83. The molecule has 1 aliphatic rings. The first-order valence-electron chi connectivity index (χ1n) is 11.1. The summed E-state index contributed by atoms with van der Waals surface area (Å²) in [4.78, 5) is 23.7. The molecule has 7 heteroatoms. The monoisotopic (exact) mass is 426 g/mol. The van der Waals surface area contributed by atoms with Crippen LogP contribution in [0.5, 0.6) is 0 Å². The van der Waals surface area contributed by atoms with Crippen molar-refractivity contribution in [2.75, 3.05) is 13.2 Å². The number of unbranched alkanes of at least 4 members (excludes halogenated alkanes) is 3. The maximum atomic E-state index is 12.2. The summed E-state index contributed by atoms with van der Waals surface area (Å²) >= 11 is 0. The number of ketones is 1. The predicted octanol–water partition coefficient (Wildman–Crippen LogP) is 2.06. The average Bonchev–Trinajstić information content (AvgIpc) is 2.99. The van der Waals surface area contributed by atoms with Crippen LogP contribution in [0.3, 0.4) is 0 Å². The van der Waals surface area contributed by atoms with Gasteiger partial charge in [0, 0.05) is 24.7 Å². The maximum Gasteiger partial charge on any atom is 0.305 e. The molecule has 0 aromatic rings. The van der Waals surface area contributed by atoms with Crippen LogP contribution in [-0.4, -0.2) is 63.7 Å². The van der Waals surface area contributed by atoms with Crippen LogP contribution < -0.4 is 0 Å². The van der Waals surface area contributed by atoms with Crippen LogP contribution in [-0.2, 0) is 14.3 Å². The summed E-state index contributed by atoms with van der Waals surface area (Å²) in [6, 6.07) is 0. The Kier molecular flexibility index (Phi) is 13.5. The summed E-state index contributed by atoms with van der Waals surface area (Å²) in [5.41, 5.74) is 0. The third-order valence-corrected chi connectivity index (χ3v) is 5.35. The second kappa shape index (κ2) is 15.3. The molecule has 0 aromatic heterocycles. The highest BCUT2D eigenvalue weighted by Crippen LogP contribution is 2.33. The highest BCUT2D eigenvalue weighted by Gasteiger charge is 2.39. The normalized spacial score (nSPS) is 24.0. The van der Waals surface area contributed by atoms with Crippen LogP contribution in [0.2, 0.25) is 0 Å². The van der Waals surface area contributed by atoms with E-state index in [-0.39, 0.29) is 37.1 Å². The van der Waals surface area contributed by atoms with E-state index in [1.54, 1.807) is 12.2 Å². The third-order valence-electron chi connectivity index (χ3n) is 5.35. The van der Waals surface area contributed by atoms with Gasteiger partial charge in [0.25, 0.3) is 0 Å². The highest BCUT2D eigenvalue weighted by molar-refractivity contribution is 5.84. The van der Waals surface area contributed by atoms with Crippen molar-refractivity contribution in [2.24, 2.45) is 11.8 Å². The summed E-state index contributed by atoms with van der Waals surface area (Å²) in [7, 11) is 0. The van der Waals surface area contributed by atoms with Crippen LogP contribution >= 0.6 is 0 Å². The van der Waals surface area contributed by atoms with Gasteiger partial charge in [-0.05, 0) is 25.7 Å². The molecule has 1 rings (SSSR count). The first kappa shape index (κ1) is 26.5. The topological polar surface area (TPSA) is 124 Å². The van der Waals surface area contributed by atoms with E-state index in [0.29, 0.717) is 25.7 Å². The van der Waals surface area contributed by atoms with Crippen molar-refractivity contribution in [3.63, 3.8) is 0 Å². The van der Waals surface area contributed by atoms with Gasteiger partial charge in [0.15, 0.2) is 0 Å². The Morgan fingerprint density at radius 2 is 2.00 bits per heavy atom. The lowest BCUT2D eigenvalue weighted by molar-refractivity contribution is -0.147. The lowest BCUT2D eigenvalue weighted by Crippen LogP contribution is -2.21. The van der Waals surface area contributed by atoms with Crippen molar-refractivity contribution < 1.29 is 34.8 Å². The molecule has 5 atom stereocenters. The van der Waals surface area contributed by atoms with Gasteiger partial charge in [-0.15, -0.1) is 0 Å². The van der Waals surface area contributed by atoms with Gasteiger partial charge in [0.2, 0.25) is 0 Å². The molecule has 172 valence electrons. The van der Waals surface area contributed by atoms with Gasteiger partial charge in [-0.2, -0.15) is 0 Å². The molecule has 0 radical (unpaired) electrons. The predicted molar refractivity (Wildman–Crippen MR) is 114 cm³/mol. The lowest BCUT2D eigenvalue weighted by atomic mass is 9.90.